The van der Waals surface area contributed by atoms with Crippen molar-refractivity contribution >= 4 is 28.2 Å². The van der Waals surface area contributed by atoms with E-state index in [0.29, 0.717) is 23.8 Å². The first-order valence-electron chi connectivity index (χ1n) is 11.1. The summed E-state index contributed by atoms with van der Waals surface area (Å²) in [5, 5.41) is 5.01. The third-order valence-electron chi connectivity index (χ3n) is 5.81. The Bertz CT molecular complexity index is 1300. The van der Waals surface area contributed by atoms with Crippen LogP contribution in [0.2, 0.25) is 0 Å². The van der Waals surface area contributed by atoms with Crippen molar-refractivity contribution in [2.24, 2.45) is 0 Å². The molecule has 0 bridgehead atoms. The van der Waals surface area contributed by atoms with Crippen LogP contribution in [0.1, 0.15) is 27.8 Å². The number of aromatic amines is 1. The second kappa shape index (κ2) is 10.4. The van der Waals surface area contributed by atoms with Crippen LogP contribution in [-0.2, 0) is 19.5 Å². The maximum Gasteiger partial charge on any atom is 0.253 e. The van der Waals surface area contributed by atoms with Gasteiger partial charge in [-0.1, -0.05) is 36.4 Å². The summed E-state index contributed by atoms with van der Waals surface area (Å²) in [4.78, 5) is 22.2. The van der Waals surface area contributed by atoms with Gasteiger partial charge in [-0.25, -0.2) is 0 Å². The molecular formula is C27H28N4OS. The van der Waals surface area contributed by atoms with Gasteiger partial charge in [-0.15, -0.1) is 0 Å². The molecule has 0 saturated carbocycles. The van der Waals surface area contributed by atoms with Gasteiger partial charge in [0, 0.05) is 36.6 Å². The van der Waals surface area contributed by atoms with Crippen molar-refractivity contribution in [1.82, 2.24) is 20.2 Å². The lowest BCUT2D eigenvalue weighted by atomic mass is 10.0. The van der Waals surface area contributed by atoms with Crippen molar-refractivity contribution in [3.8, 4) is 0 Å². The highest BCUT2D eigenvalue weighted by Gasteiger charge is 2.14. The predicted molar refractivity (Wildman–Crippen MR) is 138 cm³/mol. The van der Waals surface area contributed by atoms with Crippen LogP contribution < -0.4 is 10.9 Å². The number of nitrogens with one attached hydrogen (secondary N) is 2. The first kappa shape index (κ1) is 22.7. The largest absolute Gasteiger partial charge is 0.362 e. The van der Waals surface area contributed by atoms with Crippen LogP contribution in [0, 0.1) is 13.8 Å². The molecule has 0 radical (unpaired) electrons. The van der Waals surface area contributed by atoms with Gasteiger partial charge in [-0.05, 0) is 84.4 Å². The standard InChI is InChI=1S/C27H28N4OS/c1-19-13-23-15-24(26(32)30-25(23)14-20(19)2)18-31(17-22-9-6-11-28-16-22)27(33)29-12-10-21-7-4-3-5-8-21/h3-9,11,13-16H,10,12,17-18H2,1-2H3,(H,29,33)(H,30,32). The quantitative estimate of drug-likeness (QED) is 0.396. The number of nitrogens with zero attached hydrogens (tertiary/aromatic N) is 2. The van der Waals surface area contributed by atoms with E-state index in [0.717, 1.165) is 35.0 Å². The molecule has 2 aromatic carbocycles. The lowest BCUT2D eigenvalue weighted by molar-refractivity contribution is 0.397. The van der Waals surface area contributed by atoms with Crippen LogP contribution >= 0.6 is 12.2 Å². The Kier molecular flexibility index (Phi) is 7.15. The number of fused-ring (bicyclic) bond motifs is 1. The zero-order valence-electron chi connectivity index (χ0n) is 19.0. The minimum Gasteiger partial charge on any atom is -0.362 e. The van der Waals surface area contributed by atoms with E-state index in [1.807, 2.05) is 53.6 Å². The van der Waals surface area contributed by atoms with Gasteiger partial charge in [-0.2, -0.15) is 0 Å². The van der Waals surface area contributed by atoms with Crippen LogP contribution in [0.25, 0.3) is 10.9 Å². The molecule has 4 aromatic rings. The van der Waals surface area contributed by atoms with Gasteiger partial charge < -0.3 is 15.2 Å². The molecule has 0 fully saturated rings. The van der Waals surface area contributed by atoms with Crippen LogP contribution in [0.15, 0.2) is 77.9 Å². The van der Waals surface area contributed by atoms with Crippen molar-refractivity contribution in [1.29, 1.82) is 0 Å². The molecule has 4 rings (SSSR count). The molecule has 2 aromatic heterocycles. The van der Waals surface area contributed by atoms with E-state index in [-0.39, 0.29) is 5.56 Å². The summed E-state index contributed by atoms with van der Waals surface area (Å²) in [7, 11) is 0. The van der Waals surface area contributed by atoms with Crippen molar-refractivity contribution < 1.29 is 0 Å². The lowest BCUT2D eigenvalue weighted by Gasteiger charge is -2.26. The maximum absolute atomic E-state index is 12.9. The predicted octanol–water partition coefficient (Wildman–Crippen LogP) is 4.66. The fourth-order valence-electron chi connectivity index (χ4n) is 3.83. The Morgan fingerprint density at radius 3 is 2.52 bits per heavy atom. The van der Waals surface area contributed by atoms with E-state index < -0.39 is 0 Å². The average Bonchev–Trinajstić information content (AvgIpc) is 2.82. The average molecular weight is 457 g/mol. The van der Waals surface area contributed by atoms with Gasteiger partial charge in [0.25, 0.3) is 5.56 Å². The van der Waals surface area contributed by atoms with Gasteiger partial charge in [0.15, 0.2) is 5.11 Å². The van der Waals surface area contributed by atoms with Crippen LogP contribution in [0.3, 0.4) is 0 Å². The van der Waals surface area contributed by atoms with E-state index in [2.05, 4.69) is 47.3 Å². The molecule has 0 aliphatic carbocycles. The first-order valence-corrected chi connectivity index (χ1v) is 11.5. The van der Waals surface area contributed by atoms with Crippen molar-refractivity contribution in [3.05, 3.63) is 111 Å². The molecular weight excluding hydrogens is 428 g/mol. The Balaban J connectivity index is 1.55. The summed E-state index contributed by atoms with van der Waals surface area (Å²) in [5.74, 6) is 0. The number of hydrogen-bond donors (Lipinski definition) is 2. The number of H-pyrrole nitrogens is 1. The number of aromatic nitrogens is 2. The Morgan fingerprint density at radius 1 is 1.00 bits per heavy atom. The third-order valence-corrected chi connectivity index (χ3v) is 6.22. The lowest BCUT2D eigenvalue weighted by Crippen LogP contribution is -2.40. The topological polar surface area (TPSA) is 61.0 Å². The molecule has 2 N–H and O–H groups in total. The number of aryl methyl sites for hydroxylation is 2. The number of rotatable bonds is 7. The normalized spacial score (nSPS) is 10.8. The highest BCUT2D eigenvalue weighted by Crippen LogP contribution is 2.18. The highest BCUT2D eigenvalue weighted by atomic mass is 32.1. The smallest absolute Gasteiger partial charge is 0.253 e. The minimum absolute atomic E-state index is 0.0889. The summed E-state index contributed by atoms with van der Waals surface area (Å²) in [6, 6.07) is 20.4. The van der Waals surface area contributed by atoms with Gasteiger partial charge in [0.1, 0.15) is 0 Å². The molecule has 0 amide bonds. The van der Waals surface area contributed by atoms with E-state index in [1.165, 1.54) is 11.1 Å². The van der Waals surface area contributed by atoms with E-state index in [4.69, 9.17) is 12.2 Å². The minimum atomic E-state index is -0.0889. The van der Waals surface area contributed by atoms with Gasteiger partial charge in [0.05, 0.1) is 6.54 Å². The number of thiocarbonyl (C=S) groups is 1. The van der Waals surface area contributed by atoms with E-state index in [9.17, 15) is 4.79 Å². The van der Waals surface area contributed by atoms with Crippen molar-refractivity contribution in [2.75, 3.05) is 6.54 Å². The maximum atomic E-state index is 12.9. The van der Waals surface area contributed by atoms with Gasteiger partial charge >= 0.3 is 0 Å². The number of hydrogen-bond acceptors (Lipinski definition) is 3. The second-order valence-corrected chi connectivity index (χ2v) is 8.72. The molecule has 168 valence electrons. The van der Waals surface area contributed by atoms with Gasteiger partial charge in [-0.3, -0.25) is 9.78 Å². The molecule has 33 heavy (non-hydrogen) atoms. The van der Waals surface area contributed by atoms with Crippen LogP contribution in [0.5, 0.6) is 0 Å². The first-order chi connectivity index (χ1) is 16.0. The van der Waals surface area contributed by atoms with Gasteiger partial charge in [0.2, 0.25) is 0 Å². The summed E-state index contributed by atoms with van der Waals surface area (Å²) < 4.78 is 0. The molecule has 0 atom stereocenters. The Morgan fingerprint density at radius 2 is 1.76 bits per heavy atom. The Labute approximate surface area is 199 Å². The molecule has 0 unspecified atom stereocenters. The van der Waals surface area contributed by atoms with E-state index in [1.54, 1.807) is 6.20 Å². The van der Waals surface area contributed by atoms with Crippen molar-refractivity contribution in [2.45, 2.75) is 33.4 Å². The van der Waals surface area contributed by atoms with Crippen LogP contribution in [0.4, 0.5) is 0 Å². The fourth-order valence-corrected chi connectivity index (χ4v) is 4.06. The third kappa shape index (κ3) is 5.84. The zero-order chi connectivity index (χ0) is 23.2. The molecule has 2 heterocycles. The molecule has 6 heteroatoms. The Hall–Kier alpha value is -3.51. The summed E-state index contributed by atoms with van der Waals surface area (Å²) >= 11 is 5.75. The highest BCUT2D eigenvalue weighted by molar-refractivity contribution is 7.80. The molecule has 0 spiro atoms. The fraction of sp³-hybridized carbons (Fsp3) is 0.222. The SMILES string of the molecule is Cc1cc2cc(CN(Cc3cccnc3)C(=S)NCCc3ccccc3)c(=O)[nH]c2cc1C. The summed E-state index contributed by atoms with van der Waals surface area (Å²) in [5.41, 5.74) is 6.10. The monoisotopic (exact) mass is 456 g/mol. The molecule has 0 aliphatic rings. The number of benzene rings is 2. The summed E-state index contributed by atoms with van der Waals surface area (Å²) in [6.07, 6.45) is 4.45. The van der Waals surface area contributed by atoms with Crippen molar-refractivity contribution in [3.63, 3.8) is 0 Å². The zero-order valence-corrected chi connectivity index (χ0v) is 19.8. The van der Waals surface area contributed by atoms with E-state index >= 15 is 0 Å². The summed E-state index contributed by atoms with van der Waals surface area (Å²) in [6.45, 7) is 5.83. The molecule has 0 aliphatic heterocycles. The number of pyridine rings is 2. The molecule has 5 nitrogen and oxygen atoms in total. The molecule has 0 saturated heterocycles. The second-order valence-electron chi connectivity index (χ2n) is 8.33. The van der Waals surface area contributed by atoms with Crippen LogP contribution in [-0.4, -0.2) is 26.5 Å².